The number of rotatable bonds is 7. The summed E-state index contributed by atoms with van der Waals surface area (Å²) >= 11 is 0. The second-order valence-corrected chi connectivity index (χ2v) is 6.02. The van der Waals surface area contributed by atoms with Gasteiger partial charge < -0.3 is 15.5 Å². The van der Waals surface area contributed by atoms with Gasteiger partial charge in [0.15, 0.2) is 0 Å². The van der Waals surface area contributed by atoms with E-state index < -0.39 is 0 Å². The lowest BCUT2D eigenvalue weighted by atomic mass is 10.2. The molecule has 2 aromatic rings. The van der Waals surface area contributed by atoms with Gasteiger partial charge in [-0.05, 0) is 63.1 Å². The number of hydrogen-bond donors (Lipinski definition) is 2. The first kappa shape index (κ1) is 16.3. The van der Waals surface area contributed by atoms with Gasteiger partial charge in [-0.3, -0.25) is 4.79 Å². The van der Waals surface area contributed by atoms with E-state index in [1.807, 2.05) is 30.3 Å². The number of hydrogen-bond acceptors (Lipinski definition) is 4. The van der Waals surface area contributed by atoms with Crippen molar-refractivity contribution in [3.05, 3.63) is 48.3 Å². The van der Waals surface area contributed by atoms with E-state index in [0.717, 1.165) is 30.2 Å². The van der Waals surface area contributed by atoms with Crippen molar-refractivity contribution in [3.63, 3.8) is 0 Å². The smallest absolute Gasteiger partial charge is 0.274 e. The van der Waals surface area contributed by atoms with Crippen molar-refractivity contribution < 1.29 is 4.79 Å². The van der Waals surface area contributed by atoms with Crippen LogP contribution in [-0.2, 0) is 0 Å². The molecule has 1 aromatic carbocycles. The van der Waals surface area contributed by atoms with Gasteiger partial charge in [-0.2, -0.15) is 0 Å². The highest BCUT2D eigenvalue weighted by atomic mass is 16.1. The van der Waals surface area contributed by atoms with Crippen molar-refractivity contribution in [3.8, 4) is 0 Å². The Balaban J connectivity index is 1.61. The number of pyridine rings is 1. The molecule has 2 N–H and O–H groups in total. The predicted octanol–water partition coefficient (Wildman–Crippen LogP) is 3.75. The first-order valence-corrected chi connectivity index (χ1v) is 8.58. The molecule has 0 spiro atoms. The molecule has 1 aliphatic rings. The number of nitrogens with zero attached hydrogens (tertiary/aromatic N) is 2. The maximum Gasteiger partial charge on any atom is 0.274 e. The molecule has 0 radical (unpaired) electrons. The molecule has 0 aliphatic heterocycles. The third-order valence-electron chi connectivity index (χ3n) is 4.20. The van der Waals surface area contributed by atoms with E-state index in [1.165, 1.54) is 12.8 Å². The summed E-state index contributed by atoms with van der Waals surface area (Å²) in [5.74, 6) is -0.191. The van der Waals surface area contributed by atoms with Crippen LogP contribution in [0, 0.1) is 0 Å². The van der Waals surface area contributed by atoms with Gasteiger partial charge in [0.05, 0.1) is 11.9 Å². The lowest BCUT2D eigenvalue weighted by Gasteiger charge is -2.21. The van der Waals surface area contributed by atoms with Crippen molar-refractivity contribution in [2.24, 2.45) is 0 Å². The Morgan fingerprint density at radius 1 is 1.08 bits per heavy atom. The molecule has 126 valence electrons. The average molecular weight is 324 g/mol. The monoisotopic (exact) mass is 324 g/mol. The van der Waals surface area contributed by atoms with E-state index in [-0.39, 0.29) is 5.91 Å². The lowest BCUT2D eigenvalue weighted by molar-refractivity contribution is 0.102. The number of anilines is 3. The van der Waals surface area contributed by atoms with Crippen LogP contribution in [0.3, 0.4) is 0 Å². The van der Waals surface area contributed by atoms with E-state index in [9.17, 15) is 4.79 Å². The molecule has 0 atom stereocenters. The van der Waals surface area contributed by atoms with E-state index >= 15 is 0 Å². The topological polar surface area (TPSA) is 57.3 Å². The molecule has 1 aliphatic carbocycles. The first-order chi connectivity index (χ1) is 11.7. The normalized spacial score (nSPS) is 13.4. The number of aromatic nitrogens is 1. The molecule has 0 unspecified atom stereocenters. The molecule has 0 bridgehead atoms. The number of carbonyl (C=O) groups is 1. The molecule has 24 heavy (non-hydrogen) atoms. The van der Waals surface area contributed by atoms with Gasteiger partial charge in [0.25, 0.3) is 5.91 Å². The second kappa shape index (κ2) is 7.34. The van der Waals surface area contributed by atoms with Gasteiger partial charge >= 0.3 is 0 Å². The van der Waals surface area contributed by atoms with Crippen LogP contribution in [0.1, 0.15) is 37.2 Å². The summed E-state index contributed by atoms with van der Waals surface area (Å²) in [6.45, 7) is 6.19. The fourth-order valence-electron chi connectivity index (χ4n) is 2.62. The van der Waals surface area contributed by atoms with Crippen LogP contribution in [-0.4, -0.2) is 30.0 Å². The zero-order valence-corrected chi connectivity index (χ0v) is 14.2. The van der Waals surface area contributed by atoms with E-state index in [0.29, 0.717) is 11.7 Å². The number of amides is 1. The highest BCUT2D eigenvalue weighted by molar-refractivity contribution is 6.03. The van der Waals surface area contributed by atoms with Crippen LogP contribution < -0.4 is 15.5 Å². The Labute approximate surface area is 143 Å². The second-order valence-electron chi connectivity index (χ2n) is 6.02. The van der Waals surface area contributed by atoms with Gasteiger partial charge in [-0.1, -0.05) is 0 Å². The average Bonchev–Trinajstić information content (AvgIpc) is 3.42. The van der Waals surface area contributed by atoms with Crippen molar-refractivity contribution in [1.82, 2.24) is 4.98 Å². The Morgan fingerprint density at radius 2 is 1.75 bits per heavy atom. The van der Waals surface area contributed by atoms with Crippen LogP contribution in [0.15, 0.2) is 42.6 Å². The molecule has 1 heterocycles. The standard InChI is InChI=1S/C19H24N4O/c1-3-23(4-2)17-10-7-15(8-11-17)22-19(24)18-12-9-16(13-20-18)21-14-5-6-14/h7-14,21H,3-6H2,1-2H3,(H,22,24). The van der Waals surface area contributed by atoms with Crippen molar-refractivity contribution >= 4 is 23.0 Å². The van der Waals surface area contributed by atoms with E-state index in [2.05, 4.69) is 34.4 Å². The number of nitrogens with one attached hydrogen (secondary N) is 2. The fraction of sp³-hybridized carbons (Fsp3) is 0.368. The van der Waals surface area contributed by atoms with E-state index in [4.69, 9.17) is 0 Å². The summed E-state index contributed by atoms with van der Waals surface area (Å²) < 4.78 is 0. The fourth-order valence-corrected chi connectivity index (χ4v) is 2.62. The quantitative estimate of drug-likeness (QED) is 0.814. The summed E-state index contributed by atoms with van der Waals surface area (Å²) in [5.41, 5.74) is 3.33. The van der Waals surface area contributed by atoms with Gasteiger partial charge in [-0.25, -0.2) is 4.98 Å². The Hall–Kier alpha value is -2.56. The molecule has 0 saturated heterocycles. The molecular weight excluding hydrogens is 300 g/mol. The highest BCUT2D eigenvalue weighted by Gasteiger charge is 2.20. The molecule has 1 fully saturated rings. The molecule has 1 saturated carbocycles. The van der Waals surface area contributed by atoms with Crippen LogP contribution in [0.5, 0.6) is 0 Å². The maximum atomic E-state index is 12.3. The predicted molar refractivity (Wildman–Crippen MR) is 98.8 cm³/mol. The van der Waals surface area contributed by atoms with Gasteiger partial charge in [-0.15, -0.1) is 0 Å². The lowest BCUT2D eigenvalue weighted by Crippen LogP contribution is -2.21. The third kappa shape index (κ3) is 4.04. The first-order valence-electron chi connectivity index (χ1n) is 8.58. The minimum absolute atomic E-state index is 0.191. The molecule has 3 rings (SSSR count). The summed E-state index contributed by atoms with van der Waals surface area (Å²) in [6, 6.07) is 12.1. The maximum absolute atomic E-state index is 12.3. The van der Waals surface area contributed by atoms with Crippen LogP contribution in [0.2, 0.25) is 0 Å². The SMILES string of the molecule is CCN(CC)c1ccc(NC(=O)c2ccc(NC3CC3)cn2)cc1. The largest absolute Gasteiger partial charge is 0.381 e. The Kier molecular flexibility index (Phi) is 4.99. The van der Waals surface area contributed by atoms with E-state index in [1.54, 1.807) is 12.3 Å². The summed E-state index contributed by atoms with van der Waals surface area (Å²) in [7, 11) is 0. The van der Waals surface area contributed by atoms with Gasteiger partial charge in [0, 0.05) is 30.5 Å². The highest BCUT2D eigenvalue weighted by Crippen LogP contribution is 2.24. The Bertz CT molecular complexity index is 674. The summed E-state index contributed by atoms with van der Waals surface area (Å²) in [5, 5.41) is 6.25. The Morgan fingerprint density at radius 3 is 2.29 bits per heavy atom. The summed E-state index contributed by atoms with van der Waals surface area (Å²) in [6.07, 6.45) is 4.15. The number of benzene rings is 1. The van der Waals surface area contributed by atoms with Crippen molar-refractivity contribution in [2.75, 3.05) is 28.6 Å². The van der Waals surface area contributed by atoms with Crippen LogP contribution in [0.25, 0.3) is 0 Å². The van der Waals surface area contributed by atoms with Crippen molar-refractivity contribution in [1.29, 1.82) is 0 Å². The number of carbonyl (C=O) groups excluding carboxylic acids is 1. The third-order valence-corrected chi connectivity index (χ3v) is 4.20. The molecule has 5 heteroatoms. The zero-order valence-electron chi connectivity index (χ0n) is 14.2. The molecule has 1 amide bonds. The molecule has 5 nitrogen and oxygen atoms in total. The zero-order chi connectivity index (χ0) is 16.9. The minimum Gasteiger partial charge on any atom is -0.381 e. The van der Waals surface area contributed by atoms with Gasteiger partial charge in [0.1, 0.15) is 5.69 Å². The van der Waals surface area contributed by atoms with Crippen LogP contribution >= 0.6 is 0 Å². The minimum atomic E-state index is -0.191. The van der Waals surface area contributed by atoms with Crippen LogP contribution in [0.4, 0.5) is 17.1 Å². The van der Waals surface area contributed by atoms with Gasteiger partial charge in [0.2, 0.25) is 0 Å². The molecular formula is C19H24N4O. The van der Waals surface area contributed by atoms with Crippen molar-refractivity contribution in [2.45, 2.75) is 32.7 Å². The molecule has 1 aromatic heterocycles. The summed E-state index contributed by atoms with van der Waals surface area (Å²) in [4.78, 5) is 18.8.